The SMILES string of the molecule is CCNC(=NCC(C)Oc1ccccc1C)NCCCCN1CCN(CC)CC1. The summed E-state index contributed by atoms with van der Waals surface area (Å²) in [4.78, 5) is 9.82. The molecule has 0 spiro atoms. The van der Waals surface area contributed by atoms with Gasteiger partial charge in [-0.25, -0.2) is 4.99 Å². The molecule has 1 saturated heterocycles. The van der Waals surface area contributed by atoms with E-state index in [0.717, 1.165) is 36.8 Å². The van der Waals surface area contributed by atoms with Crippen molar-refractivity contribution in [3.05, 3.63) is 29.8 Å². The van der Waals surface area contributed by atoms with Crippen molar-refractivity contribution in [2.45, 2.75) is 46.6 Å². The number of aryl methyl sites for hydroxylation is 1. The maximum atomic E-state index is 6.03. The van der Waals surface area contributed by atoms with Crippen molar-refractivity contribution in [3.63, 3.8) is 0 Å². The van der Waals surface area contributed by atoms with Gasteiger partial charge in [-0.1, -0.05) is 25.1 Å². The summed E-state index contributed by atoms with van der Waals surface area (Å²) in [5, 5.41) is 6.79. The van der Waals surface area contributed by atoms with Crippen LogP contribution in [0.5, 0.6) is 5.75 Å². The highest BCUT2D eigenvalue weighted by Crippen LogP contribution is 2.17. The van der Waals surface area contributed by atoms with E-state index in [4.69, 9.17) is 9.73 Å². The first kappa shape index (κ1) is 23.5. The molecule has 1 aliphatic rings. The Morgan fingerprint density at radius 3 is 2.48 bits per heavy atom. The number of rotatable bonds is 11. The molecule has 1 heterocycles. The van der Waals surface area contributed by atoms with Gasteiger partial charge < -0.3 is 25.2 Å². The second kappa shape index (κ2) is 13.4. The number of aliphatic imine (C=N–C) groups is 1. The zero-order chi connectivity index (χ0) is 20.9. The van der Waals surface area contributed by atoms with Gasteiger partial charge in [-0.2, -0.15) is 0 Å². The predicted octanol–water partition coefficient (Wildman–Crippen LogP) is 2.74. The molecule has 1 aromatic carbocycles. The lowest BCUT2D eigenvalue weighted by molar-refractivity contribution is 0.136. The summed E-state index contributed by atoms with van der Waals surface area (Å²) in [7, 11) is 0. The van der Waals surface area contributed by atoms with Gasteiger partial charge in [-0.15, -0.1) is 0 Å². The lowest BCUT2D eigenvalue weighted by Crippen LogP contribution is -2.46. The standard InChI is InChI=1S/C23H41N5O/c1-5-24-23(26-19-21(4)29-22-12-8-7-11-20(22)3)25-13-9-10-14-28-17-15-27(6-2)16-18-28/h7-8,11-12,21H,5-6,9-10,13-19H2,1-4H3,(H2,24,25,26). The fourth-order valence-electron chi connectivity index (χ4n) is 3.50. The van der Waals surface area contributed by atoms with E-state index in [9.17, 15) is 0 Å². The number of nitrogens with zero attached hydrogens (tertiary/aromatic N) is 3. The summed E-state index contributed by atoms with van der Waals surface area (Å²) in [6.07, 6.45) is 2.42. The fraction of sp³-hybridized carbons (Fsp3) is 0.696. The predicted molar refractivity (Wildman–Crippen MR) is 123 cm³/mol. The molecular weight excluding hydrogens is 362 g/mol. The first-order chi connectivity index (χ1) is 14.1. The van der Waals surface area contributed by atoms with Crippen molar-refractivity contribution in [2.75, 3.05) is 58.9 Å². The first-order valence-corrected chi connectivity index (χ1v) is 11.3. The van der Waals surface area contributed by atoms with E-state index in [1.807, 2.05) is 18.2 Å². The van der Waals surface area contributed by atoms with E-state index >= 15 is 0 Å². The van der Waals surface area contributed by atoms with Crippen LogP contribution in [0.1, 0.15) is 39.2 Å². The van der Waals surface area contributed by atoms with Gasteiger partial charge in [0.15, 0.2) is 5.96 Å². The topological polar surface area (TPSA) is 52.1 Å². The monoisotopic (exact) mass is 403 g/mol. The highest BCUT2D eigenvalue weighted by Gasteiger charge is 2.14. The third kappa shape index (κ3) is 9.05. The normalized spacial score (nSPS) is 17.2. The Balaban J connectivity index is 1.64. The zero-order valence-electron chi connectivity index (χ0n) is 18.9. The number of nitrogens with one attached hydrogen (secondary N) is 2. The summed E-state index contributed by atoms with van der Waals surface area (Å²) in [5.41, 5.74) is 1.16. The number of benzene rings is 1. The van der Waals surface area contributed by atoms with Crippen molar-refractivity contribution in [2.24, 2.45) is 4.99 Å². The lowest BCUT2D eigenvalue weighted by atomic mass is 10.2. The first-order valence-electron chi connectivity index (χ1n) is 11.3. The molecule has 0 aliphatic carbocycles. The van der Waals surface area contributed by atoms with Crippen LogP contribution in [0.3, 0.4) is 0 Å². The van der Waals surface area contributed by atoms with Gasteiger partial charge in [-0.05, 0) is 58.3 Å². The third-order valence-electron chi connectivity index (χ3n) is 5.38. The third-order valence-corrected chi connectivity index (χ3v) is 5.38. The molecule has 6 nitrogen and oxygen atoms in total. The molecule has 1 aliphatic heterocycles. The molecule has 1 fully saturated rings. The summed E-state index contributed by atoms with van der Waals surface area (Å²) in [5.74, 6) is 1.82. The second-order valence-electron chi connectivity index (χ2n) is 7.82. The molecule has 0 radical (unpaired) electrons. The number of para-hydroxylation sites is 1. The Bertz CT molecular complexity index is 599. The Hall–Kier alpha value is -1.79. The Morgan fingerprint density at radius 1 is 1.07 bits per heavy atom. The Morgan fingerprint density at radius 2 is 1.79 bits per heavy atom. The fourth-order valence-corrected chi connectivity index (χ4v) is 3.50. The lowest BCUT2D eigenvalue weighted by Gasteiger charge is -2.34. The molecule has 6 heteroatoms. The van der Waals surface area contributed by atoms with E-state index in [0.29, 0.717) is 6.54 Å². The van der Waals surface area contributed by atoms with Gasteiger partial charge >= 0.3 is 0 Å². The average molecular weight is 404 g/mol. The van der Waals surface area contributed by atoms with Crippen LogP contribution in [0.15, 0.2) is 29.3 Å². The van der Waals surface area contributed by atoms with Gasteiger partial charge in [0.05, 0.1) is 6.54 Å². The average Bonchev–Trinajstić information content (AvgIpc) is 2.74. The van der Waals surface area contributed by atoms with E-state index < -0.39 is 0 Å². The number of ether oxygens (including phenoxy) is 1. The van der Waals surface area contributed by atoms with Crippen LogP contribution >= 0.6 is 0 Å². The van der Waals surface area contributed by atoms with Gasteiger partial charge in [0.2, 0.25) is 0 Å². The van der Waals surface area contributed by atoms with Crippen LogP contribution in [0, 0.1) is 6.92 Å². The van der Waals surface area contributed by atoms with Gasteiger partial charge in [0, 0.05) is 39.3 Å². The van der Waals surface area contributed by atoms with Crippen LogP contribution in [0.25, 0.3) is 0 Å². The summed E-state index contributed by atoms with van der Waals surface area (Å²) < 4.78 is 6.03. The number of hydrogen-bond acceptors (Lipinski definition) is 4. The summed E-state index contributed by atoms with van der Waals surface area (Å²) in [6.45, 7) is 18.2. The molecule has 0 aromatic heterocycles. The molecule has 0 bridgehead atoms. The number of guanidine groups is 1. The number of hydrogen-bond donors (Lipinski definition) is 2. The van der Waals surface area contributed by atoms with Crippen molar-refractivity contribution >= 4 is 5.96 Å². The van der Waals surface area contributed by atoms with E-state index in [2.05, 4.69) is 54.2 Å². The zero-order valence-corrected chi connectivity index (χ0v) is 18.9. The number of unbranched alkanes of at least 4 members (excludes halogenated alkanes) is 1. The van der Waals surface area contributed by atoms with Crippen molar-refractivity contribution in [1.29, 1.82) is 0 Å². The van der Waals surface area contributed by atoms with Gasteiger partial charge in [-0.3, -0.25) is 0 Å². The van der Waals surface area contributed by atoms with Gasteiger partial charge in [0.25, 0.3) is 0 Å². The highest BCUT2D eigenvalue weighted by atomic mass is 16.5. The van der Waals surface area contributed by atoms with E-state index in [1.54, 1.807) is 0 Å². The van der Waals surface area contributed by atoms with Crippen molar-refractivity contribution in [3.8, 4) is 5.75 Å². The van der Waals surface area contributed by atoms with Crippen LogP contribution in [0.4, 0.5) is 0 Å². The summed E-state index contributed by atoms with van der Waals surface area (Å²) >= 11 is 0. The molecule has 0 saturated carbocycles. The highest BCUT2D eigenvalue weighted by molar-refractivity contribution is 5.79. The van der Waals surface area contributed by atoms with Crippen molar-refractivity contribution < 1.29 is 4.74 Å². The van der Waals surface area contributed by atoms with Gasteiger partial charge in [0.1, 0.15) is 11.9 Å². The molecule has 2 rings (SSSR count). The van der Waals surface area contributed by atoms with Crippen molar-refractivity contribution in [1.82, 2.24) is 20.4 Å². The second-order valence-corrected chi connectivity index (χ2v) is 7.82. The maximum absolute atomic E-state index is 6.03. The van der Waals surface area contributed by atoms with E-state index in [1.165, 1.54) is 45.7 Å². The summed E-state index contributed by atoms with van der Waals surface area (Å²) in [6, 6.07) is 8.12. The smallest absolute Gasteiger partial charge is 0.191 e. The van der Waals surface area contributed by atoms with Crippen LogP contribution in [-0.2, 0) is 0 Å². The minimum absolute atomic E-state index is 0.0355. The molecule has 1 unspecified atom stereocenters. The molecular formula is C23H41N5O. The van der Waals surface area contributed by atoms with Crippen LogP contribution < -0.4 is 15.4 Å². The van der Waals surface area contributed by atoms with Crippen LogP contribution in [0.2, 0.25) is 0 Å². The number of piperazine rings is 1. The molecule has 29 heavy (non-hydrogen) atoms. The molecule has 164 valence electrons. The Kier molecular flexibility index (Phi) is 10.9. The molecule has 1 aromatic rings. The van der Waals surface area contributed by atoms with Crippen LogP contribution in [-0.4, -0.2) is 80.8 Å². The molecule has 2 N–H and O–H groups in total. The molecule has 1 atom stereocenters. The minimum Gasteiger partial charge on any atom is -0.489 e. The molecule has 0 amide bonds. The quantitative estimate of drug-likeness (QED) is 0.338. The van der Waals surface area contributed by atoms with E-state index in [-0.39, 0.29) is 6.10 Å². The maximum Gasteiger partial charge on any atom is 0.191 e. The number of likely N-dealkylation sites (N-methyl/N-ethyl adjacent to an activating group) is 1. The Labute approximate surface area is 177 Å². The minimum atomic E-state index is 0.0355. The largest absolute Gasteiger partial charge is 0.489 e.